The van der Waals surface area contributed by atoms with Gasteiger partial charge in [0.1, 0.15) is 48.4 Å². The molecule has 23 heteroatoms. The van der Waals surface area contributed by atoms with Crippen LogP contribution in [0, 0.1) is 0 Å². The number of hydrogen-bond donors (Lipinski definition) is 7. The van der Waals surface area contributed by atoms with Crippen molar-refractivity contribution in [3.8, 4) is 0 Å². The Labute approximate surface area is 536 Å². The first-order valence-corrected chi connectivity index (χ1v) is 38.1. The number of phosphoric acid groups is 2. The molecule has 0 aromatic heterocycles. The summed E-state index contributed by atoms with van der Waals surface area (Å²) in [5, 5.41) is 17.5. The number of carbonyl (C=O) groups is 3. The summed E-state index contributed by atoms with van der Waals surface area (Å²) < 4.78 is 79.6. The molecule has 2 heterocycles. The van der Waals surface area contributed by atoms with Crippen molar-refractivity contribution in [2.75, 3.05) is 40.6 Å². The summed E-state index contributed by atoms with van der Waals surface area (Å²) >= 11 is 0. The molecule has 2 rings (SSSR count). The summed E-state index contributed by atoms with van der Waals surface area (Å²) in [5.41, 5.74) is 0. The molecule has 1 unspecified atom stereocenters. The number of hydrogen-bond acceptors (Lipinski definition) is 15. The maximum Gasteiger partial charge on any atom is 0.470 e. The van der Waals surface area contributed by atoms with Crippen LogP contribution in [-0.4, -0.2) is 150 Å². The Morgan fingerprint density at radius 2 is 0.921 bits per heavy atom. The molecule has 0 aliphatic carbocycles. The fourth-order valence-electron chi connectivity index (χ4n) is 11.8. The third-order valence-electron chi connectivity index (χ3n) is 16.8. The lowest BCUT2D eigenvalue weighted by Crippen LogP contribution is -2.68. The zero-order valence-corrected chi connectivity index (χ0v) is 57.8. The summed E-state index contributed by atoms with van der Waals surface area (Å²) in [5.74, 6) is -1.55. The molecule has 2 aliphatic rings. The van der Waals surface area contributed by atoms with Gasteiger partial charge in [-0.25, -0.2) is 9.13 Å². The number of aliphatic hydroxyl groups excluding tert-OH is 1. The van der Waals surface area contributed by atoms with Gasteiger partial charge in [0.05, 0.1) is 31.8 Å². The van der Waals surface area contributed by atoms with Crippen molar-refractivity contribution in [3.05, 3.63) is 12.2 Å². The summed E-state index contributed by atoms with van der Waals surface area (Å²) in [6.07, 6.45) is 29.2. The fraction of sp³-hybridized carbons (Fsp3) is 0.924. The number of ketones is 1. The van der Waals surface area contributed by atoms with Crippen molar-refractivity contribution in [1.29, 1.82) is 0 Å². The average molecular weight is 1310 g/mol. The molecule has 0 bridgehead atoms. The Morgan fingerprint density at radius 3 is 1.45 bits per heavy atom. The Morgan fingerprint density at radius 1 is 0.472 bits per heavy atom. The molecule has 2 saturated heterocycles. The summed E-state index contributed by atoms with van der Waals surface area (Å²) in [4.78, 5) is 82.9. The molecule has 2 aliphatic heterocycles. The molecule has 0 aromatic rings. The van der Waals surface area contributed by atoms with Gasteiger partial charge in [-0.15, -0.1) is 0 Å². The number of carbonyl (C=O) groups excluding carboxylic acids is 3. The van der Waals surface area contributed by atoms with E-state index >= 15 is 0 Å². The van der Waals surface area contributed by atoms with Crippen molar-refractivity contribution in [3.63, 3.8) is 0 Å². The van der Waals surface area contributed by atoms with Crippen LogP contribution in [-0.2, 0) is 65.7 Å². The van der Waals surface area contributed by atoms with Crippen LogP contribution in [0.1, 0.15) is 285 Å². The quantitative estimate of drug-likeness (QED) is 0.0129. The van der Waals surface area contributed by atoms with Gasteiger partial charge in [-0.2, -0.15) is 0 Å². The van der Waals surface area contributed by atoms with Crippen LogP contribution >= 0.6 is 15.6 Å². The van der Waals surface area contributed by atoms with E-state index in [9.17, 15) is 48.2 Å². The molecule has 11 atom stereocenters. The minimum absolute atomic E-state index is 0.00711. The van der Waals surface area contributed by atoms with Crippen molar-refractivity contribution >= 4 is 33.2 Å². The van der Waals surface area contributed by atoms with Crippen LogP contribution in [0.25, 0.3) is 0 Å². The number of nitrogens with one attached hydrogen (secondary N) is 2. The van der Waals surface area contributed by atoms with Gasteiger partial charge in [-0.1, -0.05) is 220 Å². The van der Waals surface area contributed by atoms with Crippen molar-refractivity contribution in [1.82, 2.24) is 10.6 Å². The Kier molecular flexibility index (Phi) is 49.2. The molecule has 7 N–H and O–H groups in total. The highest BCUT2D eigenvalue weighted by Gasteiger charge is 2.53. The van der Waals surface area contributed by atoms with Crippen molar-refractivity contribution < 1.29 is 90.4 Å². The van der Waals surface area contributed by atoms with E-state index in [0.29, 0.717) is 25.7 Å². The predicted molar refractivity (Wildman–Crippen MR) is 347 cm³/mol. The molecule has 0 saturated carbocycles. The number of Topliss-reactive ketones (excluding diaryl/α,β-unsaturated/α-hetero) is 1. The van der Waals surface area contributed by atoms with Gasteiger partial charge in [0, 0.05) is 40.3 Å². The number of ether oxygens (including phenoxy) is 7. The van der Waals surface area contributed by atoms with Gasteiger partial charge in [0.15, 0.2) is 12.6 Å². The first-order chi connectivity index (χ1) is 42.9. The van der Waals surface area contributed by atoms with Crippen LogP contribution in [0.3, 0.4) is 0 Å². The third-order valence-corrected chi connectivity index (χ3v) is 17.9. The minimum atomic E-state index is -5.44. The third kappa shape index (κ3) is 41.0. The smallest absolute Gasteiger partial charge is 0.382 e. The molecule has 2 fully saturated rings. The maximum absolute atomic E-state index is 14.1. The summed E-state index contributed by atoms with van der Waals surface area (Å²) in [7, 11) is -7.77. The summed E-state index contributed by atoms with van der Waals surface area (Å²) in [6, 6.07) is -2.85. The average Bonchev–Trinajstić information content (AvgIpc) is 0.985. The highest BCUT2D eigenvalue weighted by Crippen LogP contribution is 2.44. The van der Waals surface area contributed by atoms with Gasteiger partial charge in [-0.05, 0) is 57.8 Å². The molecule has 0 radical (unpaired) electrons. The van der Waals surface area contributed by atoms with Gasteiger partial charge < -0.3 is 68.5 Å². The number of rotatable bonds is 59. The predicted octanol–water partition coefficient (Wildman–Crippen LogP) is 13.6. The SMILES string of the molecule is CCCCCC/C=C\CCCCCCCCCC(=O)N[C@H]1[C@H](OCC2O[C@H](O)[C@H](OCCCCCCCCCC)[C@@H](NC(=O)CC(=O)CCCCCCCCCCC)[C@H]2OP(=O)(O)O)O[C@H](COC)[C@@H](OP(=O)(O)O)[C@@H]1OCC[C@@H](CCCCCCC)OC. The highest BCUT2D eigenvalue weighted by molar-refractivity contribution is 7.46. The minimum Gasteiger partial charge on any atom is -0.382 e. The number of phosphoric ester groups is 2. The van der Waals surface area contributed by atoms with Crippen LogP contribution < -0.4 is 10.6 Å². The van der Waals surface area contributed by atoms with E-state index in [1.54, 1.807) is 7.11 Å². The zero-order valence-electron chi connectivity index (χ0n) is 56.0. The van der Waals surface area contributed by atoms with Crippen LogP contribution in [0.4, 0.5) is 0 Å². The largest absolute Gasteiger partial charge is 0.470 e. The Balaban J connectivity index is 2.48. The van der Waals surface area contributed by atoms with E-state index in [4.69, 9.17) is 42.2 Å². The second-order valence-corrected chi connectivity index (χ2v) is 27.2. The first-order valence-electron chi connectivity index (χ1n) is 35.0. The van der Waals surface area contributed by atoms with E-state index < -0.39 is 102 Å². The lowest BCUT2D eigenvalue weighted by Gasteiger charge is -2.47. The molecule has 21 nitrogen and oxygen atoms in total. The highest BCUT2D eigenvalue weighted by atomic mass is 31.2. The number of aliphatic hydroxyl groups is 1. The van der Waals surface area contributed by atoms with Crippen molar-refractivity contribution in [2.24, 2.45) is 0 Å². The van der Waals surface area contributed by atoms with Crippen LogP contribution in [0.5, 0.6) is 0 Å². The molecule has 0 aromatic carbocycles. The lowest BCUT2D eigenvalue weighted by atomic mass is 9.94. The number of unbranched alkanes of at least 4 members (excludes halogenated alkanes) is 30. The zero-order chi connectivity index (χ0) is 65.4. The van der Waals surface area contributed by atoms with E-state index in [1.807, 2.05) is 0 Å². The topological polar surface area (TPSA) is 294 Å². The number of amides is 2. The van der Waals surface area contributed by atoms with E-state index in [1.165, 1.54) is 64.9 Å². The normalized spacial score (nSPS) is 22.9. The molecular formula is C66H126N2O19P2. The first kappa shape index (κ1) is 83.3. The molecule has 0 spiro atoms. The van der Waals surface area contributed by atoms with Crippen molar-refractivity contribution in [2.45, 2.75) is 352 Å². The Hall–Kier alpha value is -1.75. The second-order valence-electron chi connectivity index (χ2n) is 24.8. The van der Waals surface area contributed by atoms with Crippen LogP contribution in [0.2, 0.25) is 0 Å². The maximum atomic E-state index is 14.1. The second kappa shape index (κ2) is 52.5. The number of methoxy groups -OCH3 is 2. The standard InChI is InChI=1S/C66H126N2O19P2/c1-7-11-15-19-22-25-26-27-28-29-30-32-34-38-42-46-57(70)67-60-63(82-49-47-54(80-6)45-41-36-18-14-10-4)62(87-89(76,77)78)55(51-79-5)85-66(60)83-52-56-61(86-88(73,74)75)59(64(65(72)84-56)81-48-43-39-35-24-21-17-13-9-3)68-58(71)50-53(69)44-40-37-33-31-23-20-16-12-8-2/h25-26,54-56,59-66,72H,7-24,27-52H2,1-6H3,(H,67,70)(H,68,71)(H2,73,74,75)(H2,76,77,78)/b26-25-/t54-,55-,56?,59+,60-,61+,62-,63-,64-,65+,66-/m1/s1. The van der Waals surface area contributed by atoms with Gasteiger partial charge in [-0.3, -0.25) is 23.4 Å². The monoisotopic (exact) mass is 1310 g/mol. The molecule has 2 amide bonds. The van der Waals surface area contributed by atoms with Gasteiger partial charge >= 0.3 is 15.6 Å². The number of allylic oxidation sites excluding steroid dienone is 2. The molecule has 524 valence electrons. The van der Waals surface area contributed by atoms with Crippen LogP contribution in [0.15, 0.2) is 12.2 Å². The van der Waals surface area contributed by atoms with E-state index in [2.05, 4.69) is 50.5 Å². The lowest BCUT2D eigenvalue weighted by molar-refractivity contribution is -0.304. The van der Waals surface area contributed by atoms with E-state index in [-0.39, 0.29) is 44.5 Å². The molecular weight excluding hydrogens is 1190 g/mol. The Bertz CT molecular complexity index is 1900. The molecule has 89 heavy (non-hydrogen) atoms. The van der Waals surface area contributed by atoms with E-state index in [0.717, 1.165) is 154 Å². The fourth-order valence-corrected chi connectivity index (χ4v) is 12.9. The van der Waals surface area contributed by atoms with Gasteiger partial charge in [0.25, 0.3) is 0 Å². The summed E-state index contributed by atoms with van der Waals surface area (Å²) in [6.45, 7) is 7.81. The van der Waals surface area contributed by atoms with Gasteiger partial charge in [0.2, 0.25) is 11.8 Å².